The minimum Gasteiger partial charge on any atom is -0.459 e. The number of rotatable bonds is 10. The Kier molecular flexibility index (Phi) is 9.63. The smallest absolute Gasteiger partial charge is 0.316 e. The van der Waals surface area contributed by atoms with Crippen LogP contribution in [0.5, 0.6) is 0 Å². The molecule has 0 spiro atoms. The lowest BCUT2D eigenvalue weighted by Gasteiger charge is -2.32. The SMILES string of the molecule is CCN(CCN(C)Cc1ccc(Cl)cc1)[C@@H]1CN(c2ccc(Cl)cc2NC(N)=O)C[C@H]1OC(C)=O. The zero-order valence-corrected chi connectivity index (χ0v) is 21.9. The third-order valence-electron chi connectivity index (χ3n) is 6.12. The quantitative estimate of drug-likeness (QED) is 0.458. The highest BCUT2D eigenvalue weighted by Gasteiger charge is 2.39. The summed E-state index contributed by atoms with van der Waals surface area (Å²) in [7, 11) is 2.09. The van der Waals surface area contributed by atoms with Gasteiger partial charge in [0.15, 0.2) is 0 Å². The molecule has 0 aromatic heterocycles. The first-order valence-electron chi connectivity index (χ1n) is 11.6. The number of benzene rings is 2. The number of nitrogens with two attached hydrogens (primary N) is 1. The van der Waals surface area contributed by atoms with Crippen LogP contribution in [0.1, 0.15) is 19.4 Å². The molecule has 2 atom stereocenters. The van der Waals surface area contributed by atoms with Crippen molar-refractivity contribution in [1.82, 2.24) is 9.80 Å². The van der Waals surface area contributed by atoms with Gasteiger partial charge in [-0.15, -0.1) is 0 Å². The fourth-order valence-electron chi connectivity index (χ4n) is 4.49. The number of halogens is 2. The molecule has 8 nitrogen and oxygen atoms in total. The Morgan fingerprint density at radius 2 is 1.80 bits per heavy atom. The molecule has 1 heterocycles. The molecule has 35 heavy (non-hydrogen) atoms. The summed E-state index contributed by atoms with van der Waals surface area (Å²) in [6, 6.07) is 12.5. The Hall–Kier alpha value is -2.52. The summed E-state index contributed by atoms with van der Waals surface area (Å²) < 4.78 is 5.73. The maximum atomic E-state index is 11.9. The number of carbonyl (C=O) groups is 2. The zero-order valence-electron chi connectivity index (χ0n) is 20.3. The Morgan fingerprint density at radius 3 is 2.43 bits per heavy atom. The molecule has 3 N–H and O–H groups in total. The zero-order chi connectivity index (χ0) is 25.5. The first-order chi connectivity index (χ1) is 16.7. The number of amides is 2. The third-order valence-corrected chi connectivity index (χ3v) is 6.61. The highest BCUT2D eigenvalue weighted by atomic mass is 35.5. The van der Waals surface area contributed by atoms with E-state index in [1.54, 1.807) is 12.1 Å². The van der Waals surface area contributed by atoms with E-state index in [4.69, 9.17) is 33.7 Å². The van der Waals surface area contributed by atoms with Crippen LogP contribution in [0.4, 0.5) is 16.2 Å². The number of esters is 1. The second-order valence-corrected chi connectivity index (χ2v) is 9.64. The average molecular weight is 522 g/mol. The van der Waals surface area contributed by atoms with Crippen molar-refractivity contribution in [2.75, 3.05) is 50.0 Å². The molecular formula is C25H33Cl2N5O3. The monoisotopic (exact) mass is 521 g/mol. The predicted octanol–water partition coefficient (Wildman–Crippen LogP) is 4.06. The number of carbonyl (C=O) groups excluding carboxylic acids is 2. The predicted molar refractivity (Wildman–Crippen MR) is 141 cm³/mol. The summed E-state index contributed by atoms with van der Waals surface area (Å²) in [6.45, 7) is 7.93. The van der Waals surface area contributed by atoms with Crippen LogP contribution in [0.3, 0.4) is 0 Å². The molecule has 0 saturated carbocycles. The van der Waals surface area contributed by atoms with Crippen molar-refractivity contribution >= 4 is 46.6 Å². The van der Waals surface area contributed by atoms with Gasteiger partial charge in [-0.05, 0) is 49.5 Å². The summed E-state index contributed by atoms with van der Waals surface area (Å²) >= 11 is 12.1. The molecule has 0 unspecified atom stereocenters. The number of primary amides is 1. The van der Waals surface area contributed by atoms with Gasteiger partial charge in [-0.25, -0.2) is 4.79 Å². The molecule has 0 aliphatic carbocycles. The average Bonchev–Trinajstić information content (AvgIpc) is 3.18. The molecule has 10 heteroatoms. The summed E-state index contributed by atoms with van der Waals surface area (Å²) in [5.41, 5.74) is 7.87. The van der Waals surface area contributed by atoms with Gasteiger partial charge in [-0.1, -0.05) is 42.3 Å². The summed E-state index contributed by atoms with van der Waals surface area (Å²) in [5.74, 6) is -0.315. The van der Waals surface area contributed by atoms with E-state index in [0.717, 1.165) is 36.9 Å². The van der Waals surface area contributed by atoms with E-state index in [0.29, 0.717) is 23.8 Å². The Morgan fingerprint density at radius 1 is 1.11 bits per heavy atom. The molecule has 3 rings (SSSR count). The van der Waals surface area contributed by atoms with E-state index in [-0.39, 0.29) is 18.1 Å². The largest absolute Gasteiger partial charge is 0.459 e. The number of hydrogen-bond donors (Lipinski definition) is 2. The summed E-state index contributed by atoms with van der Waals surface area (Å²) in [4.78, 5) is 30.1. The maximum Gasteiger partial charge on any atom is 0.316 e. The first-order valence-corrected chi connectivity index (χ1v) is 12.4. The van der Waals surface area contributed by atoms with Gasteiger partial charge in [0.05, 0.1) is 24.0 Å². The normalized spacial score (nSPS) is 17.7. The molecule has 1 fully saturated rings. The lowest BCUT2D eigenvalue weighted by atomic mass is 10.1. The molecule has 2 aromatic rings. The number of ether oxygens (including phenoxy) is 1. The second kappa shape index (κ2) is 12.4. The van der Waals surface area contributed by atoms with E-state index in [1.165, 1.54) is 12.5 Å². The molecule has 2 aromatic carbocycles. The number of hydrogen-bond acceptors (Lipinski definition) is 6. The maximum absolute atomic E-state index is 11.9. The number of anilines is 2. The number of nitrogens with zero attached hydrogens (tertiary/aromatic N) is 3. The van der Waals surface area contributed by atoms with Crippen molar-refractivity contribution < 1.29 is 14.3 Å². The van der Waals surface area contributed by atoms with Gasteiger partial charge in [-0.2, -0.15) is 0 Å². The summed E-state index contributed by atoms with van der Waals surface area (Å²) in [5, 5.41) is 3.86. The standard InChI is InChI=1S/C25H33Cl2N5O3/c1-4-31(12-11-30(3)14-18-5-7-19(26)8-6-18)23-15-32(16-24(23)35-17(2)33)22-10-9-20(27)13-21(22)29-25(28)34/h5-10,13,23-24H,4,11-12,14-16H2,1-3H3,(H3,28,29,34)/t23-,24-/m1/s1. The van der Waals surface area contributed by atoms with Crippen LogP contribution >= 0.6 is 23.2 Å². The van der Waals surface area contributed by atoms with Gasteiger partial charge < -0.3 is 25.6 Å². The minimum atomic E-state index is -0.667. The molecule has 2 amide bonds. The number of urea groups is 1. The van der Waals surface area contributed by atoms with Crippen molar-refractivity contribution in [3.05, 3.63) is 58.1 Å². The minimum absolute atomic E-state index is 0.00932. The van der Waals surface area contributed by atoms with Crippen LogP contribution in [0, 0.1) is 0 Å². The van der Waals surface area contributed by atoms with Crippen molar-refractivity contribution in [3.63, 3.8) is 0 Å². The molecule has 190 valence electrons. The fourth-order valence-corrected chi connectivity index (χ4v) is 4.79. The van der Waals surface area contributed by atoms with Gasteiger partial charge >= 0.3 is 12.0 Å². The Bertz CT molecular complexity index is 1020. The van der Waals surface area contributed by atoms with Crippen LogP contribution < -0.4 is 16.0 Å². The van der Waals surface area contributed by atoms with Crippen LogP contribution in [-0.4, -0.2) is 73.7 Å². The van der Waals surface area contributed by atoms with Crippen LogP contribution in [0.2, 0.25) is 10.0 Å². The van der Waals surface area contributed by atoms with Crippen molar-refractivity contribution in [1.29, 1.82) is 0 Å². The lowest BCUT2D eigenvalue weighted by Crippen LogP contribution is -2.47. The Labute approximate surface area is 216 Å². The first kappa shape index (κ1) is 27.1. The molecule has 1 aliphatic rings. The topological polar surface area (TPSA) is 91.1 Å². The highest BCUT2D eigenvalue weighted by molar-refractivity contribution is 6.31. The molecule has 0 radical (unpaired) electrons. The molecule has 1 saturated heterocycles. The third kappa shape index (κ3) is 7.73. The molecule has 1 aliphatic heterocycles. The van der Waals surface area contributed by atoms with E-state index in [9.17, 15) is 9.59 Å². The second-order valence-electron chi connectivity index (χ2n) is 8.76. The number of likely N-dealkylation sites (N-methyl/N-ethyl adjacent to an activating group) is 2. The van der Waals surface area contributed by atoms with Crippen molar-refractivity contribution in [2.45, 2.75) is 32.5 Å². The van der Waals surface area contributed by atoms with E-state index in [2.05, 4.69) is 34.0 Å². The molecule has 0 bridgehead atoms. The van der Waals surface area contributed by atoms with E-state index >= 15 is 0 Å². The summed E-state index contributed by atoms with van der Waals surface area (Å²) in [6.07, 6.45) is -0.314. The highest BCUT2D eigenvalue weighted by Crippen LogP contribution is 2.33. The van der Waals surface area contributed by atoms with Crippen LogP contribution in [-0.2, 0) is 16.1 Å². The molecular weight excluding hydrogens is 489 g/mol. The lowest BCUT2D eigenvalue weighted by molar-refractivity contribution is -0.147. The van der Waals surface area contributed by atoms with Gasteiger partial charge in [0.2, 0.25) is 0 Å². The van der Waals surface area contributed by atoms with Crippen LogP contribution in [0.15, 0.2) is 42.5 Å². The van der Waals surface area contributed by atoms with Gasteiger partial charge in [0.1, 0.15) is 6.10 Å². The van der Waals surface area contributed by atoms with Gasteiger partial charge in [0.25, 0.3) is 0 Å². The van der Waals surface area contributed by atoms with Gasteiger partial charge in [0, 0.05) is 43.1 Å². The van der Waals surface area contributed by atoms with Gasteiger partial charge in [-0.3, -0.25) is 9.69 Å². The van der Waals surface area contributed by atoms with Crippen LogP contribution in [0.25, 0.3) is 0 Å². The van der Waals surface area contributed by atoms with Crippen molar-refractivity contribution in [3.8, 4) is 0 Å². The Balaban J connectivity index is 1.72. The number of nitrogens with one attached hydrogen (secondary N) is 1. The van der Waals surface area contributed by atoms with Crippen molar-refractivity contribution in [2.24, 2.45) is 5.73 Å². The van der Waals surface area contributed by atoms with E-state index < -0.39 is 6.03 Å². The fraction of sp³-hybridized carbons (Fsp3) is 0.440. The van der Waals surface area contributed by atoms with E-state index in [1.807, 2.05) is 30.3 Å².